The molecule has 10 atom stereocenters. The van der Waals surface area contributed by atoms with Gasteiger partial charge in [-0.25, -0.2) is 0 Å². The van der Waals surface area contributed by atoms with E-state index in [1.807, 2.05) is 13.8 Å². The van der Waals surface area contributed by atoms with E-state index in [4.69, 9.17) is 14.2 Å². The van der Waals surface area contributed by atoms with Gasteiger partial charge in [0.15, 0.2) is 0 Å². The van der Waals surface area contributed by atoms with Gasteiger partial charge >= 0.3 is 11.9 Å². The highest BCUT2D eigenvalue weighted by Gasteiger charge is 2.65. The number of fused-ring (bicyclic) bond motifs is 5. The van der Waals surface area contributed by atoms with Crippen molar-refractivity contribution in [3.8, 4) is 0 Å². The SMILES string of the molecule is CCOC(=O)[C@H]1CC[C@H]2[C@@H]3CC[C@H]4C[C@H](OC(C)=O)[C@@H](OCC)C[C@]4(C)[C@H]3[C@H](NCCC(C)C)C[C@]12C. The Morgan fingerprint density at radius 2 is 1.73 bits per heavy atom. The van der Waals surface area contributed by atoms with Gasteiger partial charge in [-0.3, -0.25) is 9.59 Å². The van der Waals surface area contributed by atoms with Crippen LogP contribution < -0.4 is 5.32 Å². The van der Waals surface area contributed by atoms with Crippen molar-refractivity contribution < 1.29 is 23.8 Å². The lowest BCUT2D eigenvalue weighted by atomic mass is 9.43. The van der Waals surface area contributed by atoms with Crippen LogP contribution in [0.25, 0.3) is 0 Å². The monoisotopic (exact) mass is 519 g/mol. The molecule has 4 aliphatic rings. The maximum absolute atomic E-state index is 13.1. The van der Waals surface area contributed by atoms with E-state index in [9.17, 15) is 9.59 Å². The Balaban J connectivity index is 1.66. The first-order chi connectivity index (χ1) is 17.5. The Kier molecular flexibility index (Phi) is 9.00. The lowest BCUT2D eigenvalue weighted by Crippen LogP contribution is -2.64. The second-order valence-electron chi connectivity index (χ2n) is 13.5. The number of carbonyl (C=O) groups excluding carboxylic acids is 2. The first-order valence-electron chi connectivity index (χ1n) is 15.2. The van der Waals surface area contributed by atoms with Gasteiger partial charge in [0.2, 0.25) is 0 Å². The predicted octanol–water partition coefficient (Wildman–Crippen LogP) is 5.77. The van der Waals surface area contributed by atoms with Crippen LogP contribution in [0.2, 0.25) is 0 Å². The fraction of sp³-hybridized carbons (Fsp3) is 0.935. The van der Waals surface area contributed by atoms with Crippen LogP contribution >= 0.6 is 0 Å². The molecule has 0 bridgehead atoms. The van der Waals surface area contributed by atoms with Crippen molar-refractivity contribution in [2.45, 2.75) is 118 Å². The maximum atomic E-state index is 13.1. The van der Waals surface area contributed by atoms with Gasteiger partial charge in [0.25, 0.3) is 0 Å². The summed E-state index contributed by atoms with van der Waals surface area (Å²) in [7, 11) is 0. The second kappa shape index (κ2) is 11.5. The molecule has 0 spiro atoms. The van der Waals surface area contributed by atoms with E-state index in [1.54, 1.807) is 0 Å². The van der Waals surface area contributed by atoms with E-state index in [2.05, 4.69) is 33.0 Å². The molecule has 0 aromatic rings. The Bertz CT molecular complexity index is 815. The fourth-order valence-electron chi connectivity index (χ4n) is 9.53. The minimum Gasteiger partial charge on any atom is -0.466 e. The van der Waals surface area contributed by atoms with Crippen LogP contribution in [-0.2, 0) is 23.8 Å². The second-order valence-corrected chi connectivity index (χ2v) is 13.5. The first-order valence-corrected chi connectivity index (χ1v) is 15.2. The van der Waals surface area contributed by atoms with Gasteiger partial charge in [-0.05, 0) is 112 Å². The molecule has 4 aliphatic carbocycles. The Hall–Kier alpha value is -1.14. The molecule has 37 heavy (non-hydrogen) atoms. The van der Waals surface area contributed by atoms with E-state index in [0.717, 1.165) is 45.1 Å². The lowest BCUT2D eigenvalue weighted by molar-refractivity contribution is -0.196. The first kappa shape index (κ1) is 28.9. The van der Waals surface area contributed by atoms with Crippen molar-refractivity contribution in [2.75, 3.05) is 19.8 Å². The van der Waals surface area contributed by atoms with Gasteiger partial charge in [0, 0.05) is 19.6 Å². The van der Waals surface area contributed by atoms with E-state index in [-0.39, 0.29) is 40.9 Å². The molecule has 0 radical (unpaired) electrons. The number of carbonyl (C=O) groups is 2. The van der Waals surface area contributed by atoms with Crippen molar-refractivity contribution >= 4 is 11.9 Å². The highest BCUT2D eigenvalue weighted by Crippen LogP contribution is 2.67. The Morgan fingerprint density at radius 3 is 2.38 bits per heavy atom. The summed E-state index contributed by atoms with van der Waals surface area (Å²) >= 11 is 0. The minimum atomic E-state index is -0.204. The molecule has 6 heteroatoms. The van der Waals surface area contributed by atoms with Crippen LogP contribution in [0.3, 0.4) is 0 Å². The zero-order valence-corrected chi connectivity index (χ0v) is 24.5. The van der Waals surface area contributed by atoms with Crippen LogP contribution in [0.15, 0.2) is 0 Å². The molecular formula is C31H53NO5. The standard InChI is InChI=1S/C31H53NO5/c1-8-35-27-18-30(6)21(16-26(27)37-20(5)33)10-11-22-23-12-13-24(29(34)36-9-2)31(23,7)17-25(28(22)30)32-15-14-19(3)4/h19,21-28,32H,8-18H2,1-7H3/t21-,22-,23-,24+,25+,26-,27-,28+,30-,31-/m0/s1. The van der Waals surface area contributed by atoms with Crippen molar-refractivity contribution in [2.24, 2.45) is 46.3 Å². The van der Waals surface area contributed by atoms with Crippen molar-refractivity contribution in [1.82, 2.24) is 5.32 Å². The summed E-state index contributed by atoms with van der Waals surface area (Å²) in [4.78, 5) is 25.0. The summed E-state index contributed by atoms with van der Waals surface area (Å²) in [5, 5.41) is 4.05. The van der Waals surface area contributed by atoms with Crippen molar-refractivity contribution in [1.29, 1.82) is 0 Å². The molecule has 0 aliphatic heterocycles. The summed E-state index contributed by atoms with van der Waals surface area (Å²) in [6, 6.07) is 0.375. The number of ether oxygens (including phenoxy) is 3. The highest BCUT2D eigenvalue weighted by atomic mass is 16.6. The summed E-state index contributed by atoms with van der Waals surface area (Å²) in [5.74, 6) is 2.71. The quantitative estimate of drug-likeness (QED) is 0.390. The number of rotatable bonds is 9. The molecule has 0 heterocycles. The summed E-state index contributed by atoms with van der Waals surface area (Å²) in [6.45, 7) is 17.1. The van der Waals surface area contributed by atoms with Crippen LogP contribution in [0.4, 0.5) is 0 Å². The van der Waals surface area contributed by atoms with Gasteiger partial charge in [0.05, 0.1) is 18.6 Å². The molecule has 0 saturated heterocycles. The van der Waals surface area contributed by atoms with Crippen LogP contribution in [0, 0.1) is 46.3 Å². The molecule has 4 fully saturated rings. The van der Waals surface area contributed by atoms with Gasteiger partial charge in [-0.15, -0.1) is 0 Å². The van der Waals surface area contributed by atoms with Crippen LogP contribution in [-0.4, -0.2) is 49.9 Å². The summed E-state index contributed by atoms with van der Waals surface area (Å²) < 4.78 is 17.7. The summed E-state index contributed by atoms with van der Waals surface area (Å²) in [5.41, 5.74) is 0.110. The molecule has 4 rings (SSSR count). The molecule has 0 aromatic heterocycles. The molecule has 1 N–H and O–H groups in total. The Morgan fingerprint density at radius 1 is 0.973 bits per heavy atom. The largest absolute Gasteiger partial charge is 0.466 e. The topological polar surface area (TPSA) is 73.9 Å². The zero-order chi connectivity index (χ0) is 27.0. The van der Waals surface area contributed by atoms with Crippen molar-refractivity contribution in [3.05, 3.63) is 0 Å². The molecule has 0 amide bonds. The number of esters is 2. The third kappa shape index (κ3) is 5.48. The van der Waals surface area contributed by atoms with Crippen LogP contribution in [0.1, 0.15) is 99.8 Å². The minimum absolute atomic E-state index is 0.00852. The maximum Gasteiger partial charge on any atom is 0.309 e. The van der Waals surface area contributed by atoms with Crippen molar-refractivity contribution in [3.63, 3.8) is 0 Å². The predicted molar refractivity (Wildman–Crippen MR) is 145 cm³/mol. The smallest absolute Gasteiger partial charge is 0.309 e. The summed E-state index contributed by atoms with van der Waals surface area (Å²) in [6.07, 6.45) is 8.31. The van der Waals surface area contributed by atoms with E-state index < -0.39 is 0 Å². The van der Waals surface area contributed by atoms with Gasteiger partial charge in [-0.2, -0.15) is 0 Å². The fourth-order valence-corrected chi connectivity index (χ4v) is 9.53. The Labute approximate surface area is 225 Å². The number of nitrogens with one attached hydrogen (secondary N) is 1. The average Bonchev–Trinajstić information content (AvgIpc) is 3.16. The molecule has 0 aromatic carbocycles. The third-order valence-corrected chi connectivity index (χ3v) is 11.0. The third-order valence-electron chi connectivity index (χ3n) is 11.0. The zero-order valence-electron chi connectivity index (χ0n) is 24.5. The number of hydrogen-bond acceptors (Lipinski definition) is 6. The van der Waals surface area contributed by atoms with Gasteiger partial charge in [0.1, 0.15) is 6.10 Å². The van der Waals surface area contributed by atoms with E-state index in [0.29, 0.717) is 48.8 Å². The highest BCUT2D eigenvalue weighted by molar-refractivity contribution is 5.74. The van der Waals surface area contributed by atoms with Crippen LogP contribution in [0.5, 0.6) is 0 Å². The van der Waals surface area contributed by atoms with Gasteiger partial charge < -0.3 is 19.5 Å². The number of hydrogen-bond donors (Lipinski definition) is 1. The van der Waals surface area contributed by atoms with E-state index in [1.165, 1.54) is 19.8 Å². The lowest BCUT2D eigenvalue weighted by Gasteiger charge is -2.64. The van der Waals surface area contributed by atoms with Gasteiger partial charge in [-0.1, -0.05) is 27.7 Å². The molecule has 0 unspecified atom stereocenters. The average molecular weight is 520 g/mol. The normalized spacial score (nSPS) is 43.0. The van der Waals surface area contributed by atoms with E-state index >= 15 is 0 Å². The molecule has 4 saturated carbocycles. The molecule has 212 valence electrons. The molecule has 6 nitrogen and oxygen atoms in total. The molecular weight excluding hydrogens is 466 g/mol.